The van der Waals surface area contributed by atoms with Crippen LogP contribution >= 0.6 is 0 Å². The predicted molar refractivity (Wildman–Crippen MR) is 123 cm³/mol. The van der Waals surface area contributed by atoms with Gasteiger partial charge in [-0.2, -0.15) is 5.10 Å². The molecule has 0 saturated carbocycles. The number of methoxy groups -OCH3 is 2. The van der Waals surface area contributed by atoms with Crippen LogP contribution in [0.3, 0.4) is 0 Å². The normalized spacial score (nSPS) is 11.8. The van der Waals surface area contributed by atoms with Gasteiger partial charge in [-0.05, 0) is 49.4 Å². The van der Waals surface area contributed by atoms with Gasteiger partial charge < -0.3 is 9.47 Å². The fraction of sp³-hybridized carbons (Fsp3) is 0.217. The molecule has 4 rings (SSSR count). The lowest BCUT2D eigenvalue weighted by Crippen LogP contribution is -2.22. The highest BCUT2D eigenvalue weighted by molar-refractivity contribution is 7.89. The van der Waals surface area contributed by atoms with E-state index >= 15 is 0 Å². The summed E-state index contributed by atoms with van der Waals surface area (Å²) < 4.78 is 38.9. The molecular weight excluding hydrogens is 428 g/mol. The number of imidazole rings is 1. The molecule has 0 saturated heterocycles. The van der Waals surface area contributed by atoms with Crippen LogP contribution in [0.4, 0.5) is 0 Å². The van der Waals surface area contributed by atoms with Crippen LogP contribution in [0.1, 0.15) is 5.69 Å². The fourth-order valence-electron chi connectivity index (χ4n) is 3.54. The number of fused-ring (bicyclic) bond motifs is 1. The Morgan fingerprint density at radius 1 is 0.906 bits per heavy atom. The molecule has 0 atom stereocenters. The standard InChI is InChI=1S/C23H24N4O4S/c1-15-23(17-7-6-8-18(13-17)32(28,29)26(2)3)27-22(24-15)12-10-19(25-27)16-9-11-20(30-4)21(14-16)31-5/h6-14H,1-5H3. The summed E-state index contributed by atoms with van der Waals surface area (Å²) in [7, 11) is 2.64. The first kappa shape index (κ1) is 21.8. The Kier molecular flexibility index (Phi) is 5.62. The van der Waals surface area contributed by atoms with Gasteiger partial charge in [0.15, 0.2) is 17.1 Å². The molecule has 0 bridgehead atoms. The molecule has 0 spiro atoms. The second-order valence-corrected chi connectivity index (χ2v) is 9.57. The molecule has 0 aliphatic heterocycles. The van der Waals surface area contributed by atoms with Gasteiger partial charge in [-0.3, -0.25) is 0 Å². The third kappa shape index (κ3) is 3.69. The molecule has 0 N–H and O–H groups in total. The van der Waals surface area contributed by atoms with Crippen LogP contribution in [0.25, 0.3) is 28.2 Å². The maximum Gasteiger partial charge on any atom is 0.242 e. The molecule has 0 aliphatic rings. The van der Waals surface area contributed by atoms with Crippen molar-refractivity contribution in [3.05, 3.63) is 60.3 Å². The third-order valence-corrected chi connectivity index (χ3v) is 7.03. The highest BCUT2D eigenvalue weighted by Crippen LogP contribution is 2.33. The zero-order valence-electron chi connectivity index (χ0n) is 18.5. The van der Waals surface area contributed by atoms with Crippen LogP contribution in [0.15, 0.2) is 59.5 Å². The van der Waals surface area contributed by atoms with Gasteiger partial charge in [0.25, 0.3) is 0 Å². The Balaban J connectivity index is 1.87. The largest absolute Gasteiger partial charge is 0.493 e. The topological polar surface area (TPSA) is 86.0 Å². The van der Waals surface area contributed by atoms with Crippen molar-refractivity contribution in [1.29, 1.82) is 0 Å². The van der Waals surface area contributed by atoms with E-state index in [9.17, 15) is 8.42 Å². The molecule has 0 fully saturated rings. The summed E-state index contributed by atoms with van der Waals surface area (Å²) in [5.74, 6) is 1.24. The number of aromatic nitrogens is 3. The summed E-state index contributed by atoms with van der Waals surface area (Å²) in [6.07, 6.45) is 0. The quantitative estimate of drug-likeness (QED) is 0.444. The summed E-state index contributed by atoms with van der Waals surface area (Å²) in [5, 5.41) is 4.80. The van der Waals surface area contributed by atoms with E-state index in [-0.39, 0.29) is 4.90 Å². The van der Waals surface area contributed by atoms with E-state index in [1.807, 2.05) is 43.3 Å². The molecule has 0 unspecified atom stereocenters. The summed E-state index contributed by atoms with van der Waals surface area (Å²) in [6.45, 7) is 1.88. The molecule has 2 aromatic heterocycles. The average molecular weight is 453 g/mol. The van der Waals surface area contributed by atoms with Crippen molar-refractivity contribution in [2.24, 2.45) is 0 Å². The number of ether oxygens (including phenoxy) is 2. The number of benzene rings is 2. The Morgan fingerprint density at radius 2 is 1.66 bits per heavy atom. The van der Waals surface area contributed by atoms with E-state index in [0.717, 1.165) is 22.5 Å². The zero-order valence-corrected chi connectivity index (χ0v) is 19.3. The monoisotopic (exact) mass is 452 g/mol. The van der Waals surface area contributed by atoms with E-state index < -0.39 is 10.0 Å². The lowest BCUT2D eigenvalue weighted by atomic mass is 10.1. The average Bonchev–Trinajstić information content (AvgIpc) is 3.13. The Labute approximate surface area is 187 Å². The Hall–Kier alpha value is -3.43. The Bertz CT molecular complexity index is 1410. The Morgan fingerprint density at radius 3 is 2.34 bits per heavy atom. The molecule has 0 amide bonds. The lowest BCUT2D eigenvalue weighted by Gasteiger charge is -2.12. The van der Waals surface area contributed by atoms with Crippen LogP contribution in [-0.2, 0) is 10.0 Å². The number of aryl methyl sites for hydroxylation is 1. The van der Waals surface area contributed by atoms with Crippen LogP contribution in [0.5, 0.6) is 11.5 Å². The van der Waals surface area contributed by atoms with Crippen LogP contribution in [-0.4, -0.2) is 55.6 Å². The van der Waals surface area contributed by atoms with E-state index in [4.69, 9.17) is 14.6 Å². The van der Waals surface area contributed by atoms with Crippen molar-refractivity contribution >= 4 is 15.7 Å². The SMILES string of the molecule is COc1ccc(-c2ccc3nc(C)c(-c4cccc(S(=O)(=O)N(C)C)c4)n3n2)cc1OC. The molecular formula is C23H24N4O4S. The first-order valence-corrected chi connectivity index (χ1v) is 11.3. The van der Waals surface area contributed by atoms with Gasteiger partial charge in [-0.25, -0.2) is 22.2 Å². The van der Waals surface area contributed by atoms with Gasteiger partial charge >= 0.3 is 0 Å². The van der Waals surface area contributed by atoms with Gasteiger partial charge in [0.2, 0.25) is 10.0 Å². The summed E-state index contributed by atoms with van der Waals surface area (Å²) in [4.78, 5) is 4.82. The molecule has 0 aliphatic carbocycles. The van der Waals surface area contributed by atoms with Crippen molar-refractivity contribution in [1.82, 2.24) is 18.9 Å². The molecule has 2 aromatic carbocycles. The minimum absolute atomic E-state index is 0.213. The third-order valence-electron chi connectivity index (χ3n) is 5.22. The maximum atomic E-state index is 12.6. The summed E-state index contributed by atoms with van der Waals surface area (Å²) in [6, 6.07) is 16.2. The van der Waals surface area contributed by atoms with E-state index in [0.29, 0.717) is 22.8 Å². The number of rotatable bonds is 6. The highest BCUT2D eigenvalue weighted by atomic mass is 32.2. The van der Waals surface area contributed by atoms with Gasteiger partial charge in [0.1, 0.15) is 0 Å². The zero-order chi connectivity index (χ0) is 23.0. The van der Waals surface area contributed by atoms with Crippen molar-refractivity contribution in [3.8, 4) is 34.0 Å². The van der Waals surface area contributed by atoms with Crippen LogP contribution in [0, 0.1) is 6.92 Å². The fourth-order valence-corrected chi connectivity index (χ4v) is 4.49. The molecule has 32 heavy (non-hydrogen) atoms. The van der Waals surface area contributed by atoms with Gasteiger partial charge in [0, 0.05) is 25.2 Å². The number of hydrogen-bond acceptors (Lipinski definition) is 6. The van der Waals surface area contributed by atoms with Crippen LogP contribution in [0.2, 0.25) is 0 Å². The molecule has 0 radical (unpaired) electrons. The lowest BCUT2D eigenvalue weighted by molar-refractivity contribution is 0.355. The van der Waals surface area contributed by atoms with Gasteiger partial charge in [-0.15, -0.1) is 0 Å². The second kappa shape index (κ2) is 8.25. The smallest absolute Gasteiger partial charge is 0.242 e. The number of hydrogen-bond donors (Lipinski definition) is 0. The first-order chi connectivity index (χ1) is 15.3. The van der Waals surface area contributed by atoms with Crippen molar-refractivity contribution in [3.63, 3.8) is 0 Å². The first-order valence-electron chi connectivity index (χ1n) is 9.88. The second-order valence-electron chi connectivity index (χ2n) is 7.42. The summed E-state index contributed by atoms with van der Waals surface area (Å²) in [5.41, 5.74) is 4.44. The minimum atomic E-state index is -3.56. The van der Waals surface area contributed by atoms with E-state index in [2.05, 4.69) is 4.98 Å². The van der Waals surface area contributed by atoms with E-state index in [1.165, 1.54) is 18.4 Å². The van der Waals surface area contributed by atoms with Crippen LogP contribution < -0.4 is 9.47 Å². The number of sulfonamides is 1. The van der Waals surface area contributed by atoms with Gasteiger partial charge in [0.05, 0.1) is 36.2 Å². The van der Waals surface area contributed by atoms with Gasteiger partial charge in [-0.1, -0.05) is 12.1 Å². The van der Waals surface area contributed by atoms with E-state index in [1.54, 1.807) is 36.9 Å². The van der Waals surface area contributed by atoms with Crippen molar-refractivity contribution in [2.45, 2.75) is 11.8 Å². The molecule has 8 nitrogen and oxygen atoms in total. The predicted octanol–water partition coefficient (Wildman–Crippen LogP) is 3.64. The maximum absolute atomic E-state index is 12.6. The van der Waals surface area contributed by atoms with Crippen molar-refractivity contribution < 1.29 is 17.9 Å². The number of nitrogens with zero attached hydrogens (tertiary/aromatic N) is 4. The minimum Gasteiger partial charge on any atom is -0.493 e. The molecule has 9 heteroatoms. The van der Waals surface area contributed by atoms with Crippen molar-refractivity contribution in [2.75, 3.05) is 28.3 Å². The molecule has 4 aromatic rings. The highest BCUT2D eigenvalue weighted by Gasteiger charge is 2.20. The molecule has 2 heterocycles. The summed E-state index contributed by atoms with van der Waals surface area (Å²) >= 11 is 0. The molecule has 166 valence electrons.